The van der Waals surface area contributed by atoms with Crippen molar-refractivity contribution in [3.05, 3.63) is 53.6 Å². The van der Waals surface area contributed by atoms with E-state index in [1.807, 2.05) is 18.2 Å². The maximum absolute atomic E-state index is 12.1. The molecule has 27 heavy (non-hydrogen) atoms. The largest absolute Gasteiger partial charge is 0.493 e. The van der Waals surface area contributed by atoms with Crippen molar-refractivity contribution in [2.45, 2.75) is 13.3 Å². The number of rotatable bonds is 8. The molecule has 0 aliphatic carbocycles. The third kappa shape index (κ3) is 5.64. The van der Waals surface area contributed by atoms with Crippen LogP contribution in [-0.2, 0) is 11.2 Å². The highest BCUT2D eigenvalue weighted by Gasteiger charge is 2.13. The fourth-order valence-electron chi connectivity index (χ4n) is 2.50. The first-order chi connectivity index (χ1) is 13.1. The van der Waals surface area contributed by atoms with E-state index in [1.165, 1.54) is 0 Å². The second-order valence-electron chi connectivity index (χ2n) is 5.59. The summed E-state index contributed by atoms with van der Waals surface area (Å²) in [6.07, 6.45) is 0.618. The van der Waals surface area contributed by atoms with E-state index < -0.39 is 12.0 Å². The fraction of sp³-hybridized carbons (Fsp3) is 0.300. The minimum Gasteiger partial charge on any atom is -0.493 e. The molecule has 0 spiro atoms. The maximum atomic E-state index is 12.1. The van der Waals surface area contributed by atoms with E-state index in [0.717, 1.165) is 5.56 Å². The number of methoxy groups -OCH3 is 2. The molecule has 0 unspecified atom stereocenters. The lowest BCUT2D eigenvalue weighted by Crippen LogP contribution is -2.31. The average molecular weight is 372 g/mol. The summed E-state index contributed by atoms with van der Waals surface area (Å²) >= 11 is 0. The van der Waals surface area contributed by atoms with E-state index in [-0.39, 0.29) is 6.61 Å². The first kappa shape index (κ1) is 20.1. The molecule has 0 fully saturated rings. The highest BCUT2D eigenvalue weighted by atomic mass is 16.5. The third-order valence-electron chi connectivity index (χ3n) is 3.82. The highest BCUT2D eigenvalue weighted by molar-refractivity contribution is 6.00. The molecule has 0 bridgehead atoms. The molecule has 2 rings (SSSR count). The van der Waals surface area contributed by atoms with Gasteiger partial charge < -0.3 is 24.8 Å². The quantitative estimate of drug-likeness (QED) is 0.695. The molecule has 2 amide bonds. The summed E-state index contributed by atoms with van der Waals surface area (Å²) in [5.41, 5.74) is 1.72. The van der Waals surface area contributed by atoms with Crippen LogP contribution in [0.4, 0.5) is 10.5 Å². The van der Waals surface area contributed by atoms with Crippen LogP contribution in [-0.4, -0.2) is 39.4 Å². The third-order valence-corrected chi connectivity index (χ3v) is 3.82. The number of hydrogen-bond acceptors (Lipinski definition) is 5. The molecule has 0 saturated carbocycles. The lowest BCUT2D eigenvalue weighted by atomic mass is 10.1. The molecule has 0 aliphatic heterocycles. The summed E-state index contributed by atoms with van der Waals surface area (Å²) in [6.45, 7) is 2.42. The SMILES string of the molecule is CCOC(=O)c1ccccc1NC(=O)NCCc1ccc(OC)c(OC)c1. The lowest BCUT2D eigenvalue weighted by Gasteiger charge is -2.12. The number of carbonyl (C=O) groups is 2. The van der Waals surface area contributed by atoms with Gasteiger partial charge in [-0.3, -0.25) is 0 Å². The number of urea groups is 1. The summed E-state index contributed by atoms with van der Waals surface area (Å²) in [5.74, 6) is 0.823. The Labute approximate surface area is 158 Å². The minimum absolute atomic E-state index is 0.269. The van der Waals surface area contributed by atoms with Crippen molar-refractivity contribution in [3.63, 3.8) is 0 Å². The van der Waals surface area contributed by atoms with Crippen LogP contribution >= 0.6 is 0 Å². The number of benzene rings is 2. The normalized spacial score (nSPS) is 10.0. The minimum atomic E-state index is -0.473. The van der Waals surface area contributed by atoms with Gasteiger partial charge in [0.1, 0.15) is 0 Å². The number of anilines is 1. The number of ether oxygens (including phenoxy) is 3. The van der Waals surface area contributed by atoms with Gasteiger partial charge in [0.2, 0.25) is 0 Å². The Hall–Kier alpha value is -3.22. The van der Waals surface area contributed by atoms with Crippen LogP contribution in [0.1, 0.15) is 22.8 Å². The lowest BCUT2D eigenvalue weighted by molar-refractivity contribution is 0.0527. The zero-order valence-electron chi connectivity index (χ0n) is 15.7. The molecule has 2 aromatic rings. The molecular formula is C20H24N2O5. The first-order valence-electron chi connectivity index (χ1n) is 8.61. The van der Waals surface area contributed by atoms with Gasteiger partial charge >= 0.3 is 12.0 Å². The predicted molar refractivity (Wildman–Crippen MR) is 103 cm³/mol. The topological polar surface area (TPSA) is 85.9 Å². The molecule has 7 heteroatoms. The van der Waals surface area contributed by atoms with Crippen LogP contribution in [0.2, 0.25) is 0 Å². The summed E-state index contributed by atoms with van der Waals surface area (Å²) in [7, 11) is 3.16. The van der Waals surface area contributed by atoms with Crippen molar-refractivity contribution in [2.24, 2.45) is 0 Å². The van der Waals surface area contributed by atoms with Crippen molar-refractivity contribution in [3.8, 4) is 11.5 Å². The molecule has 0 saturated heterocycles. The Morgan fingerprint density at radius 1 is 1.00 bits per heavy atom. The standard InChI is InChI=1S/C20H24N2O5/c1-4-27-19(23)15-7-5-6-8-16(15)22-20(24)21-12-11-14-9-10-17(25-2)18(13-14)26-3/h5-10,13H,4,11-12H2,1-3H3,(H2,21,22,24). The summed E-state index contributed by atoms with van der Waals surface area (Å²) < 4.78 is 15.5. The number of para-hydroxylation sites is 1. The molecule has 0 aliphatic rings. The van der Waals surface area contributed by atoms with E-state index in [1.54, 1.807) is 45.4 Å². The Morgan fingerprint density at radius 2 is 1.74 bits per heavy atom. The van der Waals surface area contributed by atoms with Gasteiger partial charge in [-0.2, -0.15) is 0 Å². The van der Waals surface area contributed by atoms with Gasteiger partial charge in [0.05, 0.1) is 32.1 Å². The van der Waals surface area contributed by atoms with Gasteiger partial charge in [0.25, 0.3) is 0 Å². The number of amides is 2. The molecule has 0 aromatic heterocycles. The van der Waals surface area contributed by atoms with E-state index >= 15 is 0 Å². The molecule has 2 N–H and O–H groups in total. The molecule has 0 radical (unpaired) electrons. The van der Waals surface area contributed by atoms with Gasteiger partial charge in [-0.15, -0.1) is 0 Å². The van der Waals surface area contributed by atoms with E-state index in [2.05, 4.69) is 10.6 Å². The van der Waals surface area contributed by atoms with E-state index in [4.69, 9.17) is 14.2 Å². The first-order valence-corrected chi connectivity index (χ1v) is 8.61. The second-order valence-corrected chi connectivity index (χ2v) is 5.59. The molecule has 2 aromatic carbocycles. The van der Waals surface area contributed by atoms with Crippen LogP contribution < -0.4 is 20.1 Å². The van der Waals surface area contributed by atoms with Crippen LogP contribution in [0.5, 0.6) is 11.5 Å². The van der Waals surface area contributed by atoms with Crippen LogP contribution in [0.25, 0.3) is 0 Å². The maximum Gasteiger partial charge on any atom is 0.340 e. The van der Waals surface area contributed by atoms with Crippen molar-refractivity contribution in [2.75, 3.05) is 32.7 Å². The Morgan fingerprint density at radius 3 is 2.44 bits per heavy atom. The summed E-state index contributed by atoms with van der Waals surface area (Å²) in [4.78, 5) is 24.1. The number of esters is 1. The molecule has 7 nitrogen and oxygen atoms in total. The second kappa shape index (κ2) is 10.1. The average Bonchev–Trinajstić information content (AvgIpc) is 2.68. The van der Waals surface area contributed by atoms with Crippen molar-refractivity contribution >= 4 is 17.7 Å². The Bertz CT molecular complexity index is 792. The van der Waals surface area contributed by atoms with Gasteiger partial charge in [0.15, 0.2) is 11.5 Å². The predicted octanol–water partition coefficient (Wildman–Crippen LogP) is 3.24. The van der Waals surface area contributed by atoms with Gasteiger partial charge in [-0.05, 0) is 43.2 Å². The zero-order valence-corrected chi connectivity index (χ0v) is 15.7. The number of hydrogen-bond donors (Lipinski definition) is 2. The van der Waals surface area contributed by atoms with E-state index in [9.17, 15) is 9.59 Å². The number of carbonyl (C=O) groups excluding carboxylic acids is 2. The van der Waals surface area contributed by atoms with Crippen molar-refractivity contribution in [1.82, 2.24) is 5.32 Å². The zero-order chi connectivity index (χ0) is 19.6. The molecule has 0 atom stereocenters. The monoisotopic (exact) mass is 372 g/mol. The molecule has 144 valence electrons. The number of nitrogens with one attached hydrogen (secondary N) is 2. The van der Waals surface area contributed by atoms with Gasteiger partial charge in [-0.1, -0.05) is 18.2 Å². The van der Waals surface area contributed by atoms with E-state index in [0.29, 0.717) is 35.7 Å². The van der Waals surface area contributed by atoms with Crippen molar-refractivity contribution < 1.29 is 23.8 Å². The highest BCUT2D eigenvalue weighted by Crippen LogP contribution is 2.27. The van der Waals surface area contributed by atoms with Crippen molar-refractivity contribution in [1.29, 1.82) is 0 Å². The molecular weight excluding hydrogens is 348 g/mol. The van der Waals surface area contributed by atoms with Gasteiger partial charge in [-0.25, -0.2) is 9.59 Å². The van der Waals surface area contributed by atoms with Crippen LogP contribution in [0.3, 0.4) is 0 Å². The summed E-state index contributed by atoms with van der Waals surface area (Å²) in [5, 5.41) is 5.45. The Balaban J connectivity index is 1.91. The fourth-order valence-corrected chi connectivity index (χ4v) is 2.50. The van der Waals surface area contributed by atoms with Crippen LogP contribution in [0.15, 0.2) is 42.5 Å². The smallest absolute Gasteiger partial charge is 0.340 e. The van der Waals surface area contributed by atoms with Gasteiger partial charge in [0, 0.05) is 6.54 Å². The Kier molecular flexibility index (Phi) is 7.49. The molecule has 0 heterocycles. The van der Waals surface area contributed by atoms with Crippen LogP contribution in [0, 0.1) is 0 Å². The summed E-state index contributed by atoms with van der Waals surface area (Å²) in [6, 6.07) is 11.9.